The number of carbonyl (C=O) groups is 1. The molecule has 1 aromatic rings. The van der Waals surface area contributed by atoms with Crippen LogP contribution in [0.15, 0.2) is 24.3 Å². The number of amides is 1. The van der Waals surface area contributed by atoms with E-state index in [2.05, 4.69) is 31.2 Å². The molecule has 1 aromatic carbocycles. The van der Waals surface area contributed by atoms with Crippen molar-refractivity contribution in [3.05, 3.63) is 35.4 Å². The highest BCUT2D eigenvalue weighted by atomic mass is 16.3. The molecule has 1 rings (SSSR count). The van der Waals surface area contributed by atoms with Crippen molar-refractivity contribution in [3.63, 3.8) is 0 Å². The Morgan fingerprint density at radius 2 is 1.83 bits per heavy atom. The van der Waals surface area contributed by atoms with Gasteiger partial charge in [-0.05, 0) is 30.4 Å². The lowest BCUT2D eigenvalue weighted by molar-refractivity contribution is -0.129. The van der Waals surface area contributed by atoms with Gasteiger partial charge in [-0.3, -0.25) is 4.79 Å². The van der Waals surface area contributed by atoms with Crippen molar-refractivity contribution < 1.29 is 9.90 Å². The maximum atomic E-state index is 11.8. The Hall–Kier alpha value is -1.35. The smallest absolute Gasteiger partial charge is 0.222 e. The van der Waals surface area contributed by atoms with Crippen molar-refractivity contribution in [1.82, 2.24) is 4.90 Å². The summed E-state index contributed by atoms with van der Waals surface area (Å²) in [5, 5.41) is 8.72. The number of aliphatic hydroxyl groups is 1. The van der Waals surface area contributed by atoms with Gasteiger partial charge in [-0.25, -0.2) is 0 Å². The van der Waals surface area contributed by atoms with Crippen molar-refractivity contribution in [2.24, 2.45) is 0 Å². The molecule has 1 amide bonds. The Bertz CT molecular complexity index is 359. The molecule has 0 unspecified atom stereocenters. The molecule has 0 saturated carbocycles. The normalized spacial score (nSPS) is 10.4. The molecule has 3 heteroatoms. The van der Waals surface area contributed by atoms with Crippen molar-refractivity contribution in [1.29, 1.82) is 0 Å². The first kappa shape index (κ1) is 14.7. The molecule has 0 spiro atoms. The summed E-state index contributed by atoms with van der Waals surface area (Å²) in [5.41, 5.74) is 2.53. The van der Waals surface area contributed by atoms with Gasteiger partial charge >= 0.3 is 0 Å². The summed E-state index contributed by atoms with van der Waals surface area (Å²) in [4.78, 5) is 13.5. The highest BCUT2D eigenvalue weighted by Gasteiger charge is 2.08. The van der Waals surface area contributed by atoms with Crippen LogP contribution in [0.5, 0.6) is 0 Å². The lowest BCUT2D eigenvalue weighted by Gasteiger charge is -2.16. The number of carbonyl (C=O) groups excluding carboxylic acids is 1. The Morgan fingerprint density at radius 3 is 2.39 bits per heavy atom. The van der Waals surface area contributed by atoms with Gasteiger partial charge in [0.25, 0.3) is 0 Å². The van der Waals surface area contributed by atoms with E-state index in [1.54, 1.807) is 11.9 Å². The molecule has 0 radical (unpaired) electrons. The Morgan fingerprint density at radius 1 is 1.22 bits per heavy atom. The second kappa shape index (κ2) is 7.88. The van der Waals surface area contributed by atoms with Crippen LogP contribution in [0.1, 0.15) is 30.9 Å². The van der Waals surface area contributed by atoms with E-state index in [0.29, 0.717) is 19.4 Å². The molecule has 0 aliphatic rings. The van der Waals surface area contributed by atoms with Gasteiger partial charge in [0, 0.05) is 26.6 Å². The molecule has 100 valence electrons. The minimum atomic E-state index is 0.135. The first-order valence-corrected chi connectivity index (χ1v) is 6.60. The van der Waals surface area contributed by atoms with Crippen LogP contribution in [0.4, 0.5) is 0 Å². The zero-order valence-electron chi connectivity index (χ0n) is 11.4. The number of nitrogens with zero attached hydrogens (tertiary/aromatic N) is 1. The minimum Gasteiger partial charge on any atom is -0.396 e. The Kier molecular flexibility index (Phi) is 6.44. The molecule has 0 bridgehead atoms. The van der Waals surface area contributed by atoms with Crippen molar-refractivity contribution in [2.45, 2.75) is 32.6 Å². The third-order valence-corrected chi connectivity index (χ3v) is 3.14. The summed E-state index contributed by atoms with van der Waals surface area (Å²) in [6.45, 7) is 2.90. The van der Waals surface area contributed by atoms with Crippen LogP contribution in [0, 0.1) is 0 Å². The van der Waals surface area contributed by atoms with Crippen molar-refractivity contribution >= 4 is 5.91 Å². The zero-order chi connectivity index (χ0) is 13.4. The Labute approximate surface area is 109 Å². The van der Waals surface area contributed by atoms with Crippen LogP contribution in [-0.2, 0) is 17.6 Å². The molecule has 0 aliphatic heterocycles. The fourth-order valence-corrected chi connectivity index (χ4v) is 1.82. The van der Waals surface area contributed by atoms with Crippen LogP contribution in [0.25, 0.3) is 0 Å². The van der Waals surface area contributed by atoms with E-state index in [0.717, 1.165) is 12.8 Å². The predicted molar refractivity (Wildman–Crippen MR) is 73.5 cm³/mol. The van der Waals surface area contributed by atoms with Gasteiger partial charge in [0.1, 0.15) is 0 Å². The lowest BCUT2D eigenvalue weighted by Crippen LogP contribution is -2.28. The van der Waals surface area contributed by atoms with E-state index < -0.39 is 0 Å². The fraction of sp³-hybridized carbons (Fsp3) is 0.533. The fourth-order valence-electron chi connectivity index (χ4n) is 1.82. The summed E-state index contributed by atoms with van der Waals surface area (Å²) in [7, 11) is 1.79. The van der Waals surface area contributed by atoms with E-state index in [9.17, 15) is 4.79 Å². The summed E-state index contributed by atoms with van der Waals surface area (Å²) in [6.07, 6.45) is 3.01. The average molecular weight is 249 g/mol. The van der Waals surface area contributed by atoms with Crippen molar-refractivity contribution in [3.8, 4) is 0 Å². The summed E-state index contributed by atoms with van der Waals surface area (Å²) < 4.78 is 0. The monoisotopic (exact) mass is 249 g/mol. The summed E-state index contributed by atoms with van der Waals surface area (Å²) in [5.74, 6) is 0.142. The third-order valence-electron chi connectivity index (χ3n) is 3.14. The molecule has 0 heterocycles. The maximum Gasteiger partial charge on any atom is 0.222 e. The molecule has 0 fully saturated rings. The second-order valence-electron chi connectivity index (χ2n) is 4.56. The van der Waals surface area contributed by atoms with Gasteiger partial charge in [0.2, 0.25) is 5.91 Å². The highest BCUT2D eigenvalue weighted by molar-refractivity contribution is 5.76. The van der Waals surface area contributed by atoms with Gasteiger partial charge in [0.15, 0.2) is 0 Å². The van der Waals surface area contributed by atoms with Crippen LogP contribution < -0.4 is 0 Å². The summed E-state index contributed by atoms with van der Waals surface area (Å²) in [6, 6.07) is 8.43. The number of hydrogen-bond acceptors (Lipinski definition) is 2. The van der Waals surface area contributed by atoms with E-state index >= 15 is 0 Å². The van der Waals surface area contributed by atoms with Crippen LogP contribution >= 0.6 is 0 Å². The van der Waals surface area contributed by atoms with Gasteiger partial charge in [0.05, 0.1) is 0 Å². The van der Waals surface area contributed by atoms with Crippen LogP contribution in [-0.4, -0.2) is 36.1 Å². The molecule has 0 aliphatic carbocycles. The molecule has 0 saturated heterocycles. The van der Waals surface area contributed by atoms with E-state index in [1.807, 2.05) is 0 Å². The molecule has 0 atom stereocenters. The molecular formula is C15H23NO2. The number of benzene rings is 1. The lowest BCUT2D eigenvalue weighted by atomic mass is 10.1. The van der Waals surface area contributed by atoms with Gasteiger partial charge in [-0.15, -0.1) is 0 Å². The molecule has 3 nitrogen and oxygen atoms in total. The minimum absolute atomic E-state index is 0.135. The second-order valence-corrected chi connectivity index (χ2v) is 4.56. The van der Waals surface area contributed by atoms with Crippen molar-refractivity contribution in [2.75, 3.05) is 20.2 Å². The SMILES string of the molecule is CCc1ccc(CCC(=O)N(C)CCCO)cc1. The molecular weight excluding hydrogens is 226 g/mol. The third kappa shape index (κ3) is 4.88. The first-order chi connectivity index (χ1) is 8.67. The van der Waals surface area contributed by atoms with Crippen LogP contribution in [0.3, 0.4) is 0 Å². The standard InChI is InChI=1S/C15H23NO2/c1-3-13-5-7-14(8-6-13)9-10-15(18)16(2)11-4-12-17/h5-8,17H,3-4,9-12H2,1-2H3. The molecule has 1 N–H and O–H groups in total. The Balaban J connectivity index is 2.37. The average Bonchev–Trinajstić information content (AvgIpc) is 2.42. The number of aliphatic hydroxyl groups excluding tert-OH is 1. The largest absolute Gasteiger partial charge is 0.396 e. The zero-order valence-corrected chi connectivity index (χ0v) is 11.4. The quantitative estimate of drug-likeness (QED) is 0.803. The van der Waals surface area contributed by atoms with E-state index in [1.165, 1.54) is 11.1 Å². The van der Waals surface area contributed by atoms with Gasteiger partial charge in [-0.2, -0.15) is 0 Å². The number of hydrogen-bond donors (Lipinski definition) is 1. The van der Waals surface area contributed by atoms with Crippen LogP contribution in [0.2, 0.25) is 0 Å². The number of rotatable bonds is 7. The highest BCUT2D eigenvalue weighted by Crippen LogP contribution is 2.08. The van der Waals surface area contributed by atoms with E-state index in [4.69, 9.17) is 5.11 Å². The van der Waals surface area contributed by atoms with E-state index in [-0.39, 0.29) is 12.5 Å². The first-order valence-electron chi connectivity index (χ1n) is 6.60. The maximum absolute atomic E-state index is 11.8. The van der Waals surface area contributed by atoms with Gasteiger partial charge in [-0.1, -0.05) is 31.2 Å². The van der Waals surface area contributed by atoms with Gasteiger partial charge < -0.3 is 10.0 Å². The predicted octanol–water partition coefficient (Wildman–Crippen LogP) is 2.02. The molecule has 18 heavy (non-hydrogen) atoms. The molecule has 0 aromatic heterocycles. The topological polar surface area (TPSA) is 40.5 Å². The number of aryl methyl sites for hydroxylation is 2. The summed E-state index contributed by atoms with van der Waals surface area (Å²) >= 11 is 0.